The van der Waals surface area contributed by atoms with Crippen molar-refractivity contribution in [3.63, 3.8) is 0 Å². The molecule has 0 aliphatic carbocycles. The van der Waals surface area contributed by atoms with E-state index < -0.39 is 11.6 Å². The highest BCUT2D eigenvalue weighted by molar-refractivity contribution is 5.69. The standard InChI is InChI=1S/C15H15F2N3/c16-11-7-12(17)15(18)14(8-11)20-6-2-4-13(20)10-3-1-5-19-9-10/h1,3,5,7-9,13H,2,4,6,18H2. The lowest BCUT2D eigenvalue weighted by molar-refractivity contribution is 0.584. The molecule has 20 heavy (non-hydrogen) atoms. The van der Waals surface area contributed by atoms with Crippen molar-refractivity contribution >= 4 is 11.4 Å². The van der Waals surface area contributed by atoms with Crippen molar-refractivity contribution in [2.45, 2.75) is 18.9 Å². The molecule has 2 N–H and O–H groups in total. The molecule has 1 aromatic heterocycles. The van der Waals surface area contributed by atoms with E-state index in [1.165, 1.54) is 6.07 Å². The van der Waals surface area contributed by atoms with Gasteiger partial charge in [-0.15, -0.1) is 0 Å². The molecule has 1 aliphatic rings. The summed E-state index contributed by atoms with van der Waals surface area (Å²) in [4.78, 5) is 6.07. The number of hydrogen-bond acceptors (Lipinski definition) is 3. The number of hydrogen-bond donors (Lipinski definition) is 1. The number of anilines is 2. The molecule has 3 rings (SSSR count). The Bertz CT molecular complexity index is 616. The summed E-state index contributed by atoms with van der Waals surface area (Å²) in [6, 6.07) is 6.01. The molecule has 2 heterocycles. The van der Waals surface area contributed by atoms with Gasteiger partial charge >= 0.3 is 0 Å². The Labute approximate surface area is 116 Å². The fourth-order valence-electron chi connectivity index (χ4n) is 2.78. The van der Waals surface area contributed by atoms with E-state index in [0.29, 0.717) is 5.69 Å². The van der Waals surface area contributed by atoms with E-state index >= 15 is 0 Å². The Balaban J connectivity index is 2.01. The van der Waals surface area contributed by atoms with Gasteiger partial charge in [-0.05, 0) is 30.5 Å². The Morgan fingerprint density at radius 3 is 2.90 bits per heavy atom. The molecule has 0 spiro atoms. The zero-order valence-electron chi connectivity index (χ0n) is 10.9. The van der Waals surface area contributed by atoms with Gasteiger partial charge in [0.1, 0.15) is 5.82 Å². The topological polar surface area (TPSA) is 42.1 Å². The summed E-state index contributed by atoms with van der Waals surface area (Å²) in [5.41, 5.74) is 7.24. The Hall–Kier alpha value is -2.17. The maximum absolute atomic E-state index is 13.6. The van der Waals surface area contributed by atoms with Crippen LogP contribution in [0.1, 0.15) is 24.4 Å². The number of pyridine rings is 1. The number of aromatic nitrogens is 1. The maximum Gasteiger partial charge on any atom is 0.151 e. The molecule has 1 aromatic carbocycles. The minimum atomic E-state index is -0.711. The van der Waals surface area contributed by atoms with Gasteiger partial charge in [0.25, 0.3) is 0 Å². The Kier molecular flexibility index (Phi) is 3.26. The smallest absolute Gasteiger partial charge is 0.151 e. The molecular formula is C15H15F2N3. The van der Waals surface area contributed by atoms with Gasteiger partial charge in [-0.1, -0.05) is 6.07 Å². The van der Waals surface area contributed by atoms with Crippen LogP contribution >= 0.6 is 0 Å². The van der Waals surface area contributed by atoms with Crippen LogP contribution in [0.5, 0.6) is 0 Å². The van der Waals surface area contributed by atoms with Crippen LogP contribution in [0.4, 0.5) is 20.2 Å². The number of rotatable bonds is 2. The predicted octanol–water partition coefficient (Wildman–Crippen LogP) is 3.28. The molecular weight excluding hydrogens is 260 g/mol. The third-order valence-corrected chi connectivity index (χ3v) is 3.70. The third kappa shape index (κ3) is 2.19. The summed E-state index contributed by atoms with van der Waals surface area (Å²) >= 11 is 0. The second kappa shape index (κ2) is 5.07. The first-order valence-corrected chi connectivity index (χ1v) is 6.58. The van der Waals surface area contributed by atoms with Crippen LogP contribution in [0.25, 0.3) is 0 Å². The zero-order chi connectivity index (χ0) is 14.1. The molecule has 104 valence electrons. The van der Waals surface area contributed by atoms with Crippen LogP contribution in [-0.4, -0.2) is 11.5 Å². The lowest BCUT2D eigenvalue weighted by Gasteiger charge is -2.28. The second-order valence-corrected chi connectivity index (χ2v) is 4.96. The lowest BCUT2D eigenvalue weighted by atomic mass is 10.1. The van der Waals surface area contributed by atoms with Gasteiger partial charge in [-0.25, -0.2) is 8.78 Å². The number of nitrogens with two attached hydrogens (primary N) is 1. The van der Waals surface area contributed by atoms with E-state index in [0.717, 1.165) is 31.0 Å². The van der Waals surface area contributed by atoms with Crippen molar-refractivity contribution < 1.29 is 8.78 Å². The van der Waals surface area contributed by atoms with E-state index in [1.54, 1.807) is 12.4 Å². The van der Waals surface area contributed by atoms with Gasteiger partial charge in [0, 0.05) is 25.0 Å². The molecule has 1 atom stereocenters. The molecule has 1 fully saturated rings. The first kappa shape index (κ1) is 12.8. The van der Waals surface area contributed by atoms with Crippen molar-refractivity contribution in [1.29, 1.82) is 0 Å². The first-order valence-electron chi connectivity index (χ1n) is 6.58. The largest absolute Gasteiger partial charge is 0.395 e. The van der Waals surface area contributed by atoms with Crippen LogP contribution in [0.15, 0.2) is 36.7 Å². The lowest BCUT2D eigenvalue weighted by Crippen LogP contribution is -2.24. The van der Waals surface area contributed by atoms with E-state index in [1.807, 2.05) is 17.0 Å². The van der Waals surface area contributed by atoms with Crippen molar-refractivity contribution in [1.82, 2.24) is 4.98 Å². The van der Waals surface area contributed by atoms with E-state index in [9.17, 15) is 8.78 Å². The Morgan fingerprint density at radius 1 is 1.30 bits per heavy atom. The first-order chi connectivity index (χ1) is 9.66. The summed E-state index contributed by atoms with van der Waals surface area (Å²) in [6.07, 6.45) is 5.37. The number of nitrogens with zero attached hydrogens (tertiary/aromatic N) is 2. The minimum Gasteiger partial charge on any atom is -0.395 e. The van der Waals surface area contributed by atoms with Crippen molar-refractivity contribution in [3.8, 4) is 0 Å². The highest BCUT2D eigenvalue weighted by atomic mass is 19.1. The molecule has 1 unspecified atom stereocenters. The fourth-order valence-corrected chi connectivity index (χ4v) is 2.78. The second-order valence-electron chi connectivity index (χ2n) is 4.96. The van der Waals surface area contributed by atoms with Gasteiger partial charge in [0.15, 0.2) is 5.82 Å². The van der Waals surface area contributed by atoms with Gasteiger partial charge in [-0.3, -0.25) is 4.98 Å². The van der Waals surface area contributed by atoms with Gasteiger partial charge in [-0.2, -0.15) is 0 Å². The summed E-state index contributed by atoms with van der Waals surface area (Å²) < 4.78 is 27.1. The van der Waals surface area contributed by atoms with E-state index in [-0.39, 0.29) is 11.7 Å². The molecule has 0 amide bonds. The maximum atomic E-state index is 13.6. The predicted molar refractivity (Wildman–Crippen MR) is 74.3 cm³/mol. The number of nitrogen functional groups attached to an aromatic ring is 1. The quantitative estimate of drug-likeness (QED) is 0.855. The summed E-state index contributed by atoms with van der Waals surface area (Å²) in [7, 11) is 0. The zero-order valence-corrected chi connectivity index (χ0v) is 10.9. The molecule has 0 bridgehead atoms. The van der Waals surface area contributed by atoms with Gasteiger partial charge in [0.2, 0.25) is 0 Å². The third-order valence-electron chi connectivity index (χ3n) is 3.70. The molecule has 1 aliphatic heterocycles. The normalized spacial score (nSPS) is 18.5. The highest BCUT2D eigenvalue weighted by Crippen LogP contribution is 2.39. The molecule has 1 saturated heterocycles. The minimum absolute atomic E-state index is 0.00203. The Morgan fingerprint density at radius 2 is 2.15 bits per heavy atom. The summed E-state index contributed by atoms with van der Waals surface area (Å²) in [6.45, 7) is 0.729. The van der Waals surface area contributed by atoms with Crippen LogP contribution in [0, 0.1) is 11.6 Å². The van der Waals surface area contributed by atoms with Crippen LogP contribution in [-0.2, 0) is 0 Å². The van der Waals surface area contributed by atoms with Crippen LogP contribution < -0.4 is 10.6 Å². The molecule has 0 saturated carbocycles. The molecule has 5 heteroatoms. The average molecular weight is 275 g/mol. The monoisotopic (exact) mass is 275 g/mol. The molecule has 0 radical (unpaired) electrons. The number of halogens is 2. The fraction of sp³-hybridized carbons (Fsp3) is 0.267. The summed E-state index contributed by atoms with van der Waals surface area (Å²) in [5.74, 6) is -1.32. The summed E-state index contributed by atoms with van der Waals surface area (Å²) in [5, 5.41) is 0. The van der Waals surface area contributed by atoms with Crippen molar-refractivity contribution in [2.75, 3.05) is 17.2 Å². The molecule has 3 nitrogen and oxygen atoms in total. The van der Waals surface area contributed by atoms with Crippen LogP contribution in [0.2, 0.25) is 0 Å². The van der Waals surface area contributed by atoms with Gasteiger partial charge < -0.3 is 10.6 Å². The van der Waals surface area contributed by atoms with Crippen molar-refractivity contribution in [3.05, 3.63) is 53.9 Å². The SMILES string of the molecule is Nc1c(F)cc(F)cc1N1CCCC1c1cccnc1. The highest BCUT2D eigenvalue weighted by Gasteiger charge is 2.28. The van der Waals surface area contributed by atoms with Gasteiger partial charge in [0.05, 0.1) is 17.4 Å². The van der Waals surface area contributed by atoms with E-state index in [2.05, 4.69) is 4.98 Å². The average Bonchev–Trinajstić information content (AvgIpc) is 2.93. The number of benzene rings is 1. The molecule has 2 aromatic rings. The van der Waals surface area contributed by atoms with Crippen molar-refractivity contribution in [2.24, 2.45) is 0 Å². The van der Waals surface area contributed by atoms with E-state index in [4.69, 9.17) is 5.73 Å². The van der Waals surface area contributed by atoms with Crippen LogP contribution in [0.3, 0.4) is 0 Å².